The molecule has 1 heterocycles. The fourth-order valence-corrected chi connectivity index (χ4v) is 5.79. The molecule has 3 atom stereocenters. The molecule has 2 aliphatic carbocycles. The zero-order valence-electron chi connectivity index (χ0n) is 15.4. The van der Waals surface area contributed by atoms with E-state index >= 15 is 0 Å². The number of hydrogen-bond donors (Lipinski definition) is 0. The number of rotatable bonds is 3. The molecular weight excluding hydrogens is 288 g/mol. The van der Waals surface area contributed by atoms with Crippen molar-refractivity contribution in [2.24, 2.45) is 22.7 Å². The van der Waals surface area contributed by atoms with E-state index in [0.717, 1.165) is 25.7 Å². The van der Waals surface area contributed by atoms with Crippen LogP contribution in [-0.2, 0) is 14.3 Å². The SMILES string of the molecule is CC1=CC(=O)C2C(C)(C)CCC[C@]2(C)[C@H]1CCC1(C)OCCO1. The Kier molecular flexibility index (Phi) is 4.25. The zero-order chi connectivity index (χ0) is 16.9. The van der Waals surface area contributed by atoms with Gasteiger partial charge in [0.1, 0.15) is 0 Å². The van der Waals surface area contributed by atoms with E-state index in [4.69, 9.17) is 9.47 Å². The number of carbonyl (C=O) groups excluding carboxylic acids is 1. The molecule has 1 unspecified atom stereocenters. The molecule has 1 aliphatic heterocycles. The summed E-state index contributed by atoms with van der Waals surface area (Å²) in [5, 5.41) is 0. The summed E-state index contributed by atoms with van der Waals surface area (Å²) in [5.74, 6) is 0.521. The number of hydrogen-bond acceptors (Lipinski definition) is 3. The number of allylic oxidation sites excluding steroid dienone is 2. The van der Waals surface area contributed by atoms with Crippen LogP contribution in [0.2, 0.25) is 0 Å². The molecule has 0 radical (unpaired) electrons. The lowest BCUT2D eigenvalue weighted by Crippen LogP contribution is -2.52. The van der Waals surface area contributed by atoms with E-state index in [1.54, 1.807) is 0 Å². The average Bonchev–Trinajstić information content (AvgIpc) is 2.83. The van der Waals surface area contributed by atoms with Crippen LogP contribution < -0.4 is 0 Å². The highest BCUT2D eigenvalue weighted by Gasteiger charge is 2.55. The van der Waals surface area contributed by atoms with Gasteiger partial charge in [-0.2, -0.15) is 0 Å². The second-order valence-electron chi connectivity index (χ2n) is 8.99. The summed E-state index contributed by atoms with van der Waals surface area (Å²) in [6.45, 7) is 12.5. The maximum atomic E-state index is 12.8. The molecule has 0 amide bonds. The zero-order valence-corrected chi connectivity index (χ0v) is 15.4. The molecule has 23 heavy (non-hydrogen) atoms. The lowest BCUT2D eigenvalue weighted by atomic mass is 9.48. The van der Waals surface area contributed by atoms with Gasteiger partial charge in [-0.25, -0.2) is 0 Å². The molecule has 0 N–H and O–H groups in total. The second-order valence-corrected chi connectivity index (χ2v) is 8.99. The van der Waals surface area contributed by atoms with E-state index in [1.165, 1.54) is 12.0 Å². The Bertz CT molecular complexity index is 513. The van der Waals surface area contributed by atoms with Gasteiger partial charge in [0.25, 0.3) is 0 Å². The van der Waals surface area contributed by atoms with E-state index in [-0.39, 0.29) is 16.7 Å². The van der Waals surface area contributed by atoms with Crippen molar-refractivity contribution in [2.45, 2.75) is 72.5 Å². The molecule has 130 valence electrons. The minimum absolute atomic E-state index is 0.0760. The van der Waals surface area contributed by atoms with Crippen molar-refractivity contribution in [3.05, 3.63) is 11.6 Å². The summed E-state index contributed by atoms with van der Waals surface area (Å²) in [4.78, 5) is 12.8. The molecule has 1 saturated carbocycles. The normalized spacial score (nSPS) is 39.0. The van der Waals surface area contributed by atoms with Crippen LogP contribution in [0.25, 0.3) is 0 Å². The number of ether oxygens (including phenoxy) is 2. The van der Waals surface area contributed by atoms with Crippen molar-refractivity contribution < 1.29 is 14.3 Å². The van der Waals surface area contributed by atoms with E-state index in [2.05, 4.69) is 34.6 Å². The Morgan fingerprint density at radius 2 is 1.78 bits per heavy atom. The van der Waals surface area contributed by atoms with Crippen molar-refractivity contribution in [3.8, 4) is 0 Å². The van der Waals surface area contributed by atoms with Crippen LogP contribution in [0.3, 0.4) is 0 Å². The lowest BCUT2D eigenvalue weighted by molar-refractivity contribution is -0.154. The third kappa shape index (κ3) is 2.91. The standard InChI is InChI=1S/C20H32O3/c1-14-13-16(21)17-18(2,3)8-6-9-19(17,4)15(14)7-10-20(5)22-11-12-23-20/h13,15,17H,6-12H2,1-5H3/t15-,17?,19+/m0/s1. The lowest BCUT2D eigenvalue weighted by Gasteiger charge is -2.56. The Balaban J connectivity index is 1.86. The van der Waals surface area contributed by atoms with Gasteiger partial charge in [0.15, 0.2) is 11.6 Å². The molecule has 0 aromatic heterocycles. The fourth-order valence-electron chi connectivity index (χ4n) is 5.79. The van der Waals surface area contributed by atoms with Crippen LogP contribution in [0.4, 0.5) is 0 Å². The van der Waals surface area contributed by atoms with E-state index in [9.17, 15) is 4.79 Å². The van der Waals surface area contributed by atoms with Gasteiger partial charge in [0.2, 0.25) is 0 Å². The Morgan fingerprint density at radius 1 is 1.13 bits per heavy atom. The van der Waals surface area contributed by atoms with Crippen LogP contribution in [-0.4, -0.2) is 24.8 Å². The molecule has 3 nitrogen and oxygen atoms in total. The van der Waals surface area contributed by atoms with Crippen molar-refractivity contribution in [1.29, 1.82) is 0 Å². The van der Waals surface area contributed by atoms with Crippen molar-refractivity contribution in [3.63, 3.8) is 0 Å². The average molecular weight is 320 g/mol. The predicted octanol–water partition coefficient (Wildman–Crippen LogP) is 4.51. The summed E-state index contributed by atoms with van der Waals surface area (Å²) >= 11 is 0. The molecule has 0 spiro atoms. The van der Waals surface area contributed by atoms with E-state index in [0.29, 0.717) is 24.9 Å². The second kappa shape index (κ2) is 5.70. The fraction of sp³-hybridized carbons (Fsp3) is 0.850. The predicted molar refractivity (Wildman–Crippen MR) is 91.0 cm³/mol. The van der Waals surface area contributed by atoms with Gasteiger partial charge in [-0.1, -0.05) is 32.8 Å². The monoisotopic (exact) mass is 320 g/mol. The van der Waals surface area contributed by atoms with Crippen LogP contribution in [0.15, 0.2) is 11.6 Å². The maximum Gasteiger partial charge on any atom is 0.165 e. The quantitative estimate of drug-likeness (QED) is 0.767. The van der Waals surface area contributed by atoms with Crippen LogP contribution >= 0.6 is 0 Å². The van der Waals surface area contributed by atoms with Crippen molar-refractivity contribution in [1.82, 2.24) is 0 Å². The van der Waals surface area contributed by atoms with Gasteiger partial charge in [0, 0.05) is 12.3 Å². The van der Waals surface area contributed by atoms with Crippen LogP contribution in [0, 0.1) is 22.7 Å². The first-order valence-electron chi connectivity index (χ1n) is 9.18. The number of carbonyl (C=O) groups is 1. The van der Waals surface area contributed by atoms with Crippen molar-refractivity contribution in [2.75, 3.05) is 13.2 Å². The topological polar surface area (TPSA) is 35.5 Å². The Labute approximate surface area is 140 Å². The maximum absolute atomic E-state index is 12.8. The van der Waals surface area contributed by atoms with Crippen LogP contribution in [0.1, 0.15) is 66.7 Å². The number of ketones is 1. The molecular formula is C20H32O3. The molecule has 3 heteroatoms. The first-order valence-corrected chi connectivity index (χ1v) is 9.18. The smallest absolute Gasteiger partial charge is 0.165 e. The van der Waals surface area contributed by atoms with Gasteiger partial charge in [0.05, 0.1) is 13.2 Å². The first kappa shape index (κ1) is 17.2. The first-order chi connectivity index (χ1) is 10.7. The number of fused-ring (bicyclic) bond motifs is 1. The van der Waals surface area contributed by atoms with Gasteiger partial charge >= 0.3 is 0 Å². The van der Waals surface area contributed by atoms with Gasteiger partial charge < -0.3 is 9.47 Å². The van der Waals surface area contributed by atoms with Gasteiger partial charge in [-0.05, 0) is 55.9 Å². The summed E-state index contributed by atoms with van der Waals surface area (Å²) < 4.78 is 11.6. The molecule has 0 aromatic carbocycles. The Morgan fingerprint density at radius 3 is 2.43 bits per heavy atom. The third-order valence-corrected chi connectivity index (χ3v) is 6.76. The van der Waals surface area contributed by atoms with E-state index in [1.807, 2.05) is 6.08 Å². The third-order valence-electron chi connectivity index (χ3n) is 6.76. The summed E-state index contributed by atoms with van der Waals surface area (Å²) in [7, 11) is 0. The van der Waals surface area contributed by atoms with Gasteiger partial charge in [-0.15, -0.1) is 0 Å². The Hall–Kier alpha value is -0.670. The summed E-state index contributed by atoms with van der Waals surface area (Å²) in [5.41, 5.74) is 1.43. The van der Waals surface area contributed by atoms with E-state index < -0.39 is 5.79 Å². The minimum atomic E-state index is -0.433. The summed E-state index contributed by atoms with van der Waals surface area (Å²) in [6, 6.07) is 0. The molecule has 3 rings (SSSR count). The molecule has 0 aromatic rings. The molecule has 1 saturated heterocycles. The molecule has 0 bridgehead atoms. The minimum Gasteiger partial charge on any atom is -0.348 e. The summed E-state index contributed by atoms with van der Waals surface area (Å²) in [6.07, 6.45) is 7.41. The highest BCUT2D eigenvalue weighted by atomic mass is 16.7. The van der Waals surface area contributed by atoms with Gasteiger partial charge in [-0.3, -0.25) is 4.79 Å². The highest BCUT2D eigenvalue weighted by Crippen LogP contribution is 2.59. The van der Waals surface area contributed by atoms with Crippen molar-refractivity contribution >= 4 is 5.78 Å². The molecule has 2 fully saturated rings. The largest absolute Gasteiger partial charge is 0.348 e. The van der Waals surface area contributed by atoms with Crippen LogP contribution in [0.5, 0.6) is 0 Å². The molecule has 3 aliphatic rings. The highest BCUT2D eigenvalue weighted by molar-refractivity contribution is 5.94.